The summed E-state index contributed by atoms with van der Waals surface area (Å²) in [6.07, 6.45) is 1.57. The molecule has 1 N–H and O–H groups in total. The third kappa shape index (κ3) is 1.93. The third-order valence-corrected chi connectivity index (χ3v) is 1.55. The number of rotatable bonds is 2. The molecule has 0 atom stereocenters. The topological polar surface area (TPSA) is 20.2 Å². The van der Waals surface area contributed by atoms with Crippen LogP contribution in [0.15, 0.2) is 18.2 Å². The molecule has 2 heteroatoms. The van der Waals surface area contributed by atoms with Crippen molar-refractivity contribution in [2.45, 2.75) is 19.8 Å². The summed E-state index contributed by atoms with van der Waals surface area (Å²) in [7, 11) is 0. The number of phenols is 1. The van der Waals surface area contributed by atoms with Crippen LogP contribution in [0.2, 0.25) is 0 Å². The van der Waals surface area contributed by atoms with Gasteiger partial charge < -0.3 is 5.11 Å². The van der Waals surface area contributed by atoms with Gasteiger partial charge in [-0.05, 0) is 30.2 Å². The molecule has 0 aromatic heterocycles. The molecule has 1 nitrogen and oxygen atoms in total. The average molecular weight is 154 g/mol. The fourth-order valence-electron chi connectivity index (χ4n) is 1.02. The van der Waals surface area contributed by atoms with Gasteiger partial charge in [0.05, 0.1) is 0 Å². The number of hydrogen-bond acceptors (Lipinski definition) is 1. The molecule has 11 heavy (non-hydrogen) atoms. The van der Waals surface area contributed by atoms with Crippen LogP contribution in [0.25, 0.3) is 0 Å². The molecule has 1 aromatic carbocycles. The smallest absolute Gasteiger partial charge is 0.126 e. The lowest BCUT2D eigenvalue weighted by Gasteiger charge is -2.00. The Kier molecular flexibility index (Phi) is 2.47. The molecule has 0 fully saturated rings. The quantitative estimate of drug-likeness (QED) is 0.693. The Hall–Kier alpha value is -1.05. The fraction of sp³-hybridized carbons (Fsp3) is 0.333. The van der Waals surface area contributed by atoms with Crippen molar-refractivity contribution < 1.29 is 9.50 Å². The highest BCUT2D eigenvalue weighted by molar-refractivity contribution is 5.28. The second-order valence-corrected chi connectivity index (χ2v) is 2.53. The van der Waals surface area contributed by atoms with Gasteiger partial charge in [0, 0.05) is 0 Å². The first kappa shape index (κ1) is 8.05. The first-order chi connectivity index (χ1) is 5.24. The average Bonchev–Trinajstić information content (AvgIpc) is 1.98. The van der Waals surface area contributed by atoms with Gasteiger partial charge in [0.1, 0.15) is 11.6 Å². The van der Waals surface area contributed by atoms with Crippen molar-refractivity contribution >= 4 is 0 Å². The van der Waals surface area contributed by atoms with E-state index in [0.717, 1.165) is 6.42 Å². The summed E-state index contributed by atoms with van der Waals surface area (Å²) in [4.78, 5) is 0. The van der Waals surface area contributed by atoms with Crippen LogP contribution in [0.1, 0.15) is 18.9 Å². The molecule has 0 aliphatic carbocycles. The summed E-state index contributed by atoms with van der Waals surface area (Å²) in [5.41, 5.74) is 0.590. The molecule has 0 amide bonds. The van der Waals surface area contributed by atoms with Gasteiger partial charge in [0.2, 0.25) is 0 Å². The van der Waals surface area contributed by atoms with Crippen LogP contribution in [0, 0.1) is 5.82 Å². The molecule has 0 bridgehead atoms. The number of benzene rings is 1. The van der Waals surface area contributed by atoms with Crippen LogP contribution in [0.4, 0.5) is 4.39 Å². The highest BCUT2D eigenvalue weighted by Gasteiger charge is 2.00. The van der Waals surface area contributed by atoms with Crippen molar-refractivity contribution in [2.75, 3.05) is 0 Å². The molecule has 0 saturated heterocycles. The summed E-state index contributed by atoms with van der Waals surface area (Å²) in [6, 6.07) is 4.12. The lowest BCUT2D eigenvalue weighted by atomic mass is 10.1. The third-order valence-electron chi connectivity index (χ3n) is 1.55. The molecule has 0 radical (unpaired) electrons. The highest BCUT2D eigenvalue weighted by atomic mass is 19.1. The molecule has 0 saturated carbocycles. The molecule has 0 aliphatic rings. The van der Waals surface area contributed by atoms with Crippen molar-refractivity contribution in [2.24, 2.45) is 0 Å². The Morgan fingerprint density at radius 3 is 2.82 bits per heavy atom. The van der Waals surface area contributed by atoms with E-state index in [-0.39, 0.29) is 11.6 Å². The molecule has 0 spiro atoms. The van der Waals surface area contributed by atoms with E-state index < -0.39 is 0 Å². The van der Waals surface area contributed by atoms with Gasteiger partial charge in [0.25, 0.3) is 0 Å². The maximum Gasteiger partial charge on any atom is 0.126 e. The van der Waals surface area contributed by atoms with Crippen LogP contribution in [0.3, 0.4) is 0 Å². The molecule has 0 unspecified atom stereocenters. The number of hydrogen-bond donors (Lipinski definition) is 1. The van der Waals surface area contributed by atoms with E-state index in [1.165, 1.54) is 18.2 Å². The van der Waals surface area contributed by atoms with E-state index in [9.17, 15) is 4.39 Å². The van der Waals surface area contributed by atoms with E-state index >= 15 is 0 Å². The zero-order valence-electron chi connectivity index (χ0n) is 6.47. The van der Waals surface area contributed by atoms with Crippen LogP contribution in [-0.4, -0.2) is 5.11 Å². The maximum absolute atomic E-state index is 12.8. The molecular formula is C9H11FO. The number of halogens is 1. The first-order valence-electron chi connectivity index (χ1n) is 3.71. The van der Waals surface area contributed by atoms with Crippen LogP contribution in [0.5, 0.6) is 5.75 Å². The molecular weight excluding hydrogens is 143 g/mol. The Bertz CT molecular complexity index is 245. The van der Waals surface area contributed by atoms with Crippen LogP contribution >= 0.6 is 0 Å². The van der Waals surface area contributed by atoms with E-state index in [1.807, 2.05) is 6.92 Å². The first-order valence-corrected chi connectivity index (χ1v) is 3.71. The molecule has 0 heterocycles. The lowest BCUT2D eigenvalue weighted by Crippen LogP contribution is -1.87. The predicted molar refractivity (Wildman–Crippen MR) is 42.1 cm³/mol. The van der Waals surface area contributed by atoms with Gasteiger partial charge in [-0.25, -0.2) is 4.39 Å². The Morgan fingerprint density at radius 2 is 2.18 bits per heavy atom. The van der Waals surface area contributed by atoms with Gasteiger partial charge in [-0.3, -0.25) is 0 Å². The number of phenolic OH excluding ortho intramolecular Hbond substituents is 1. The predicted octanol–water partition coefficient (Wildman–Crippen LogP) is 2.48. The monoisotopic (exact) mass is 154 g/mol. The minimum atomic E-state index is -0.232. The molecule has 0 aliphatic heterocycles. The molecule has 1 rings (SSSR count). The van der Waals surface area contributed by atoms with Crippen molar-refractivity contribution in [1.82, 2.24) is 0 Å². The van der Waals surface area contributed by atoms with Gasteiger partial charge in [-0.15, -0.1) is 0 Å². The summed E-state index contributed by atoms with van der Waals surface area (Å²) < 4.78 is 12.8. The Labute approximate surface area is 65.5 Å². The zero-order valence-corrected chi connectivity index (χ0v) is 6.47. The minimum Gasteiger partial charge on any atom is -0.508 e. The molecule has 60 valence electrons. The van der Waals surface area contributed by atoms with Crippen LogP contribution < -0.4 is 0 Å². The number of aromatic hydroxyl groups is 1. The Morgan fingerprint density at radius 1 is 1.45 bits per heavy atom. The SMILES string of the molecule is CCCc1cc(O)ccc1F. The van der Waals surface area contributed by atoms with Gasteiger partial charge in [-0.1, -0.05) is 13.3 Å². The highest BCUT2D eigenvalue weighted by Crippen LogP contribution is 2.16. The fourth-order valence-corrected chi connectivity index (χ4v) is 1.02. The van der Waals surface area contributed by atoms with Crippen molar-refractivity contribution in [1.29, 1.82) is 0 Å². The summed E-state index contributed by atoms with van der Waals surface area (Å²) in [5, 5.41) is 9.00. The van der Waals surface area contributed by atoms with E-state index in [2.05, 4.69) is 0 Å². The van der Waals surface area contributed by atoms with E-state index in [4.69, 9.17) is 5.11 Å². The van der Waals surface area contributed by atoms with Gasteiger partial charge in [0.15, 0.2) is 0 Å². The normalized spacial score (nSPS) is 10.0. The second-order valence-electron chi connectivity index (χ2n) is 2.53. The van der Waals surface area contributed by atoms with Crippen molar-refractivity contribution in [3.05, 3.63) is 29.6 Å². The lowest BCUT2D eigenvalue weighted by molar-refractivity contribution is 0.471. The summed E-state index contributed by atoms with van der Waals surface area (Å²) in [5.74, 6) is -0.0977. The zero-order chi connectivity index (χ0) is 8.27. The second kappa shape index (κ2) is 3.37. The summed E-state index contributed by atoms with van der Waals surface area (Å²) in [6.45, 7) is 1.98. The van der Waals surface area contributed by atoms with Crippen LogP contribution in [-0.2, 0) is 6.42 Å². The van der Waals surface area contributed by atoms with E-state index in [1.54, 1.807) is 0 Å². The Balaban J connectivity index is 2.93. The molecule has 1 aromatic rings. The standard InChI is InChI=1S/C9H11FO/c1-2-3-7-6-8(11)4-5-9(7)10/h4-6,11H,2-3H2,1H3. The largest absolute Gasteiger partial charge is 0.508 e. The van der Waals surface area contributed by atoms with Gasteiger partial charge in [-0.2, -0.15) is 0 Å². The maximum atomic E-state index is 12.8. The van der Waals surface area contributed by atoms with Crippen molar-refractivity contribution in [3.63, 3.8) is 0 Å². The summed E-state index contributed by atoms with van der Waals surface area (Å²) >= 11 is 0. The minimum absolute atomic E-state index is 0.134. The number of aryl methyl sites for hydroxylation is 1. The van der Waals surface area contributed by atoms with E-state index in [0.29, 0.717) is 12.0 Å². The van der Waals surface area contributed by atoms with Crippen molar-refractivity contribution in [3.8, 4) is 5.75 Å². The van der Waals surface area contributed by atoms with Gasteiger partial charge >= 0.3 is 0 Å².